The first-order valence-electron chi connectivity index (χ1n) is 6.15. The molecule has 1 fully saturated rings. The minimum Gasteiger partial charge on any atom is -0.394 e. The molecule has 2 heterocycles. The van der Waals surface area contributed by atoms with Gasteiger partial charge >= 0.3 is 0 Å². The van der Waals surface area contributed by atoms with E-state index in [2.05, 4.69) is 29.9 Å². The molecular weight excluding hydrogens is 230 g/mol. The maximum Gasteiger partial charge on any atom is 0.161 e. The maximum atomic E-state index is 8.95. The molecule has 6 heteroatoms. The van der Waals surface area contributed by atoms with Crippen molar-refractivity contribution in [2.24, 2.45) is 0 Å². The first-order valence-corrected chi connectivity index (χ1v) is 6.15. The molecule has 0 spiro atoms. The van der Waals surface area contributed by atoms with Crippen molar-refractivity contribution in [1.29, 1.82) is 5.26 Å². The number of nitrogen functional groups attached to an aromatic ring is 1. The van der Waals surface area contributed by atoms with E-state index < -0.39 is 6.10 Å². The highest BCUT2D eigenvalue weighted by molar-refractivity contribution is 5.66. The summed E-state index contributed by atoms with van der Waals surface area (Å²) in [5.74, 6) is 0.908. The molecule has 0 saturated carbocycles. The van der Waals surface area contributed by atoms with Crippen LogP contribution in [0.25, 0.3) is 0 Å². The first-order chi connectivity index (χ1) is 8.54. The van der Waals surface area contributed by atoms with Crippen LogP contribution in [-0.2, 0) is 4.74 Å². The molecule has 1 atom stereocenters. The van der Waals surface area contributed by atoms with Crippen molar-refractivity contribution >= 4 is 11.5 Å². The quantitative estimate of drug-likeness (QED) is 0.848. The molecule has 1 aromatic heterocycles. The Bertz CT molecular complexity index is 474. The Balaban J connectivity index is 2.35. The zero-order chi connectivity index (χ0) is 13.3. The Hall–Kier alpha value is -1.74. The van der Waals surface area contributed by atoms with Crippen LogP contribution >= 0.6 is 0 Å². The largest absolute Gasteiger partial charge is 0.394 e. The van der Waals surface area contributed by atoms with Gasteiger partial charge in [-0.2, -0.15) is 10.4 Å². The standard InChI is InChI=1S/C12H19N5O/c1-8(2)17-12(11(14)9(3)15-17)16-4-5-18-10(6-13)7-16/h8,10H,4-5,7,14H2,1-3H3. The molecule has 6 nitrogen and oxygen atoms in total. The molecule has 0 amide bonds. The molecule has 1 unspecified atom stereocenters. The molecule has 1 aliphatic heterocycles. The zero-order valence-corrected chi connectivity index (χ0v) is 11.1. The molecule has 2 N–H and O–H groups in total. The fraction of sp³-hybridized carbons (Fsp3) is 0.667. The van der Waals surface area contributed by atoms with Gasteiger partial charge in [0.15, 0.2) is 11.9 Å². The van der Waals surface area contributed by atoms with E-state index in [1.54, 1.807) is 0 Å². The molecule has 1 aliphatic rings. The molecule has 0 aliphatic carbocycles. The van der Waals surface area contributed by atoms with E-state index in [1.807, 2.05) is 11.6 Å². The number of hydrogen-bond acceptors (Lipinski definition) is 5. The summed E-state index contributed by atoms with van der Waals surface area (Å²) in [6, 6.07) is 2.38. The minimum atomic E-state index is -0.394. The number of nitrogens with two attached hydrogens (primary N) is 1. The van der Waals surface area contributed by atoms with Gasteiger partial charge < -0.3 is 15.4 Å². The van der Waals surface area contributed by atoms with E-state index in [0.29, 0.717) is 18.8 Å². The number of morpholine rings is 1. The van der Waals surface area contributed by atoms with Crippen LogP contribution in [0.3, 0.4) is 0 Å². The van der Waals surface area contributed by atoms with E-state index in [9.17, 15) is 0 Å². The number of nitriles is 1. The third-order valence-electron chi connectivity index (χ3n) is 3.10. The van der Waals surface area contributed by atoms with Crippen molar-refractivity contribution in [2.75, 3.05) is 30.3 Å². The second kappa shape index (κ2) is 4.86. The van der Waals surface area contributed by atoms with E-state index in [4.69, 9.17) is 15.7 Å². The van der Waals surface area contributed by atoms with Gasteiger partial charge in [-0.25, -0.2) is 4.68 Å². The summed E-state index contributed by atoms with van der Waals surface area (Å²) in [4.78, 5) is 2.09. The monoisotopic (exact) mass is 249 g/mol. The summed E-state index contributed by atoms with van der Waals surface area (Å²) in [5.41, 5.74) is 7.64. The van der Waals surface area contributed by atoms with E-state index in [1.165, 1.54) is 0 Å². The number of aryl methyl sites for hydroxylation is 1. The van der Waals surface area contributed by atoms with Crippen molar-refractivity contribution in [3.05, 3.63) is 5.69 Å². The predicted octanol–water partition coefficient (Wildman–Crippen LogP) is 1.08. The maximum absolute atomic E-state index is 8.95. The van der Waals surface area contributed by atoms with Gasteiger partial charge in [0.05, 0.1) is 30.6 Å². The van der Waals surface area contributed by atoms with Crippen LogP contribution in [0.5, 0.6) is 0 Å². The van der Waals surface area contributed by atoms with Crippen LogP contribution in [0, 0.1) is 18.3 Å². The average Bonchev–Trinajstić information content (AvgIpc) is 2.66. The summed E-state index contributed by atoms with van der Waals surface area (Å²) in [6.07, 6.45) is -0.394. The zero-order valence-electron chi connectivity index (χ0n) is 11.1. The molecule has 0 aromatic carbocycles. The Morgan fingerprint density at radius 1 is 1.56 bits per heavy atom. The Morgan fingerprint density at radius 2 is 2.28 bits per heavy atom. The lowest BCUT2D eigenvalue weighted by Gasteiger charge is -2.32. The normalized spacial score (nSPS) is 20.2. The highest BCUT2D eigenvalue weighted by Gasteiger charge is 2.26. The fourth-order valence-corrected chi connectivity index (χ4v) is 2.14. The van der Waals surface area contributed by atoms with Gasteiger partial charge in [-0.3, -0.25) is 0 Å². The molecule has 2 rings (SSSR count). The lowest BCUT2D eigenvalue weighted by atomic mass is 10.2. The van der Waals surface area contributed by atoms with Crippen molar-refractivity contribution in [3.8, 4) is 6.07 Å². The van der Waals surface area contributed by atoms with Gasteiger partial charge in [0, 0.05) is 12.6 Å². The van der Waals surface area contributed by atoms with Crippen LogP contribution in [0.1, 0.15) is 25.6 Å². The summed E-state index contributed by atoms with van der Waals surface area (Å²) >= 11 is 0. The number of ether oxygens (including phenoxy) is 1. The molecule has 98 valence electrons. The molecular formula is C12H19N5O. The van der Waals surface area contributed by atoms with E-state index in [0.717, 1.165) is 18.1 Å². The van der Waals surface area contributed by atoms with Crippen LogP contribution in [0.15, 0.2) is 0 Å². The number of anilines is 2. The Morgan fingerprint density at radius 3 is 2.89 bits per heavy atom. The third-order valence-corrected chi connectivity index (χ3v) is 3.10. The second-order valence-electron chi connectivity index (χ2n) is 4.80. The van der Waals surface area contributed by atoms with E-state index >= 15 is 0 Å². The highest BCUT2D eigenvalue weighted by atomic mass is 16.5. The number of nitrogens with zero attached hydrogens (tertiary/aromatic N) is 4. The summed E-state index contributed by atoms with van der Waals surface area (Å²) in [5, 5.41) is 13.4. The van der Waals surface area contributed by atoms with Gasteiger partial charge in [-0.15, -0.1) is 0 Å². The molecule has 0 bridgehead atoms. The first kappa shape index (κ1) is 12.7. The molecule has 1 aromatic rings. The van der Waals surface area contributed by atoms with Gasteiger partial charge in [0.25, 0.3) is 0 Å². The lowest BCUT2D eigenvalue weighted by molar-refractivity contribution is 0.0757. The van der Waals surface area contributed by atoms with Crippen molar-refractivity contribution in [1.82, 2.24) is 9.78 Å². The second-order valence-corrected chi connectivity index (χ2v) is 4.80. The Kier molecular flexibility index (Phi) is 3.43. The van der Waals surface area contributed by atoms with E-state index in [-0.39, 0.29) is 6.04 Å². The predicted molar refractivity (Wildman–Crippen MR) is 69.3 cm³/mol. The minimum absolute atomic E-state index is 0.236. The topological polar surface area (TPSA) is 80.1 Å². The molecule has 0 radical (unpaired) electrons. The third kappa shape index (κ3) is 2.14. The number of hydrogen-bond donors (Lipinski definition) is 1. The molecule has 18 heavy (non-hydrogen) atoms. The smallest absolute Gasteiger partial charge is 0.161 e. The summed E-state index contributed by atoms with van der Waals surface area (Å²) < 4.78 is 7.27. The molecule has 1 saturated heterocycles. The van der Waals surface area contributed by atoms with Crippen LogP contribution in [0.4, 0.5) is 11.5 Å². The van der Waals surface area contributed by atoms with Crippen molar-refractivity contribution in [2.45, 2.75) is 32.9 Å². The number of aromatic nitrogens is 2. The SMILES string of the molecule is Cc1nn(C(C)C)c(N2CCOC(C#N)C2)c1N. The van der Waals surface area contributed by atoms with Crippen molar-refractivity contribution in [3.63, 3.8) is 0 Å². The summed E-state index contributed by atoms with van der Waals surface area (Å²) in [6.45, 7) is 7.86. The van der Waals surface area contributed by atoms with Crippen LogP contribution in [-0.4, -0.2) is 35.6 Å². The fourth-order valence-electron chi connectivity index (χ4n) is 2.14. The van der Waals surface area contributed by atoms with Gasteiger partial charge in [-0.1, -0.05) is 0 Å². The number of rotatable bonds is 2. The van der Waals surface area contributed by atoms with Crippen LogP contribution in [0.2, 0.25) is 0 Å². The van der Waals surface area contributed by atoms with Gasteiger partial charge in [0.1, 0.15) is 0 Å². The lowest BCUT2D eigenvalue weighted by Crippen LogP contribution is -2.43. The van der Waals surface area contributed by atoms with Gasteiger partial charge in [0.2, 0.25) is 0 Å². The van der Waals surface area contributed by atoms with Gasteiger partial charge in [-0.05, 0) is 20.8 Å². The summed E-state index contributed by atoms with van der Waals surface area (Å²) in [7, 11) is 0. The Labute approximate surface area is 107 Å². The van der Waals surface area contributed by atoms with Crippen LogP contribution < -0.4 is 10.6 Å². The average molecular weight is 249 g/mol. The van der Waals surface area contributed by atoms with Crippen molar-refractivity contribution < 1.29 is 4.74 Å². The highest BCUT2D eigenvalue weighted by Crippen LogP contribution is 2.30.